The highest BCUT2D eigenvalue weighted by atomic mass is 79.9. The molecule has 1 saturated heterocycles. The summed E-state index contributed by atoms with van der Waals surface area (Å²) >= 11 is 3.43. The van der Waals surface area contributed by atoms with Crippen molar-refractivity contribution in [2.75, 3.05) is 18.4 Å². The van der Waals surface area contributed by atoms with E-state index in [1.807, 2.05) is 25.1 Å². The molecule has 6 nitrogen and oxygen atoms in total. The lowest BCUT2D eigenvalue weighted by Gasteiger charge is -2.25. The Morgan fingerprint density at radius 3 is 2.76 bits per heavy atom. The molecule has 4 N–H and O–H groups in total. The summed E-state index contributed by atoms with van der Waals surface area (Å²) in [4.78, 5) is 20.6. The van der Waals surface area contributed by atoms with Crippen molar-refractivity contribution in [3.63, 3.8) is 0 Å². The molecule has 0 spiro atoms. The molecule has 1 aliphatic heterocycles. The fourth-order valence-corrected chi connectivity index (χ4v) is 2.41. The summed E-state index contributed by atoms with van der Waals surface area (Å²) in [6, 6.07) is 5.78. The number of primary amides is 1. The fraction of sp³-hybridized carbons (Fsp3) is 0.286. The average molecular weight is 354 g/mol. The number of carbonyl (C=O) groups excluding carboxylic acids is 2. The van der Waals surface area contributed by atoms with Gasteiger partial charge in [-0.1, -0.05) is 15.9 Å². The van der Waals surface area contributed by atoms with E-state index in [1.54, 1.807) is 0 Å². The molecule has 0 radical (unpaired) electrons. The lowest BCUT2D eigenvalue weighted by atomic mass is 10.0. The van der Waals surface area contributed by atoms with Crippen LogP contribution in [0, 0.1) is 12.8 Å². The van der Waals surface area contributed by atoms with Gasteiger partial charge in [0.25, 0.3) is 0 Å². The normalized spacial score (nSPS) is 14.0. The maximum atomic E-state index is 12.0. The van der Waals surface area contributed by atoms with Crippen LogP contribution in [0.4, 0.5) is 5.69 Å². The summed E-state index contributed by atoms with van der Waals surface area (Å²) < 4.78 is 6.60. The Kier molecular flexibility index (Phi) is 4.98. The summed E-state index contributed by atoms with van der Waals surface area (Å²) in [7, 11) is 0. The molecule has 112 valence electrons. The summed E-state index contributed by atoms with van der Waals surface area (Å²) in [5, 5.41) is 6.99. The van der Waals surface area contributed by atoms with Gasteiger partial charge in [-0.25, -0.2) is 0 Å². The predicted octanol–water partition coefficient (Wildman–Crippen LogP) is 1.76. The van der Waals surface area contributed by atoms with Crippen molar-refractivity contribution in [2.24, 2.45) is 11.7 Å². The largest absolute Gasteiger partial charge is 0.459 e. The highest BCUT2D eigenvalue weighted by Gasteiger charge is 2.26. The number of anilines is 1. The van der Waals surface area contributed by atoms with Crippen LogP contribution in [0.25, 0.3) is 11.0 Å². The molecule has 1 aromatic heterocycles. The van der Waals surface area contributed by atoms with Gasteiger partial charge in [-0.15, -0.1) is 0 Å². The molecule has 3 rings (SSSR count). The van der Waals surface area contributed by atoms with Crippen molar-refractivity contribution in [3.05, 3.63) is 28.4 Å². The highest BCUT2D eigenvalue weighted by molar-refractivity contribution is 9.10. The first-order valence-electron chi connectivity index (χ1n) is 6.42. The smallest absolute Gasteiger partial charge is 0.230 e. The Morgan fingerprint density at radius 2 is 2.19 bits per heavy atom. The van der Waals surface area contributed by atoms with Crippen LogP contribution in [0.3, 0.4) is 0 Å². The average Bonchev–Trinajstić information content (AvgIpc) is 2.65. The van der Waals surface area contributed by atoms with Crippen LogP contribution in [0.5, 0.6) is 0 Å². The van der Waals surface area contributed by atoms with Gasteiger partial charge in [0.1, 0.15) is 11.3 Å². The van der Waals surface area contributed by atoms with E-state index in [-0.39, 0.29) is 18.2 Å². The van der Waals surface area contributed by atoms with Crippen molar-refractivity contribution in [3.8, 4) is 0 Å². The molecule has 1 aliphatic rings. The van der Waals surface area contributed by atoms with Gasteiger partial charge in [-0.05, 0) is 25.1 Å². The van der Waals surface area contributed by atoms with Gasteiger partial charge < -0.3 is 20.8 Å². The van der Waals surface area contributed by atoms with Crippen LogP contribution in [0.15, 0.2) is 27.1 Å². The zero-order valence-corrected chi connectivity index (χ0v) is 13.1. The van der Waals surface area contributed by atoms with Crippen molar-refractivity contribution < 1.29 is 14.0 Å². The molecule has 7 heteroatoms. The summed E-state index contributed by atoms with van der Waals surface area (Å²) in [6.45, 7) is 3.37. The maximum Gasteiger partial charge on any atom is 0.230 e. The molecular weight excluding hydrogens is 338 g/mol. The molecular formula is C14H16BrN3O3. The number of furan rings is 1. The number of carbonyl (C=O) groups is 2. The minimum Gasteiger partial charge on any atom is -0.459 e. The van der Waals surface area contributed by atoms with E-state index >= 15 is 0 Å². The Morgan fingerprint density at radius 1 is 1.52 bits per heavy atom. The second kappa shape index (κ2) is 6.73. The molecule has 0 unspecified atom stereocenters. The summed E-state index contributed by atoms with van der Waals surface area (Å²) in [6.07, 6.45) is 0.250. The fourth-order valence-electron chi connectivity index (χ4n) is 2.05. The Hall–Kier alpha value is -1.86. The second-order valence-corrected chi connectivity index (χ2v) is 5.57. The third-order valence-corrected chi connectivity index (χ3v) is 3.72. The molecule has 1 aromatic carbocycles. The SMILES string of the molecule is Cc1oc2ccc(Br)cc2c1NC(=O)C1CNC1.NC=O. The van der Waals surface area contributed by atoms with Crippen LogP contribution in [-0.2, 0) is 9.59 Å². The van der Waals surface area contributed by atoms with E-state index in [9.17, 15) is 4.79 Å². The van der Waals surface area contributed by atoms with Gasteiger partial charge in [-0.2, -0.15) is 0 Å². The monoisotopic (exact) mass is 353 g/mol. The third kappa shape index (κ3) is 3.43. The number of amides is 2. The van der Waals surface area contributed by atoms with Crippen LogP contribution in [0.2, 0.25) is 0 Å². The third-order valence-electron chi connectivity index (χ3n) is 3.23. The number of fused-ring (bicyclic) bond motifs is 1. The zero-order valence-electron chi connectivity index (χ0n) is 11.5. The van der Waals surface area contributed by atoms with Crippen molar-refractivity contribution in [1.29, 1.82) is 0 Å². The van der Waals surface area contributed by atoms with E-state index in [2.05, 4.69) is 32.3 Å². The van der Waals surface area contributed by atoms with Crippen molar-refractivity contribution in [1.82, 2.24) is 5.32 Å². The Labute approximate surface area is 130 Å². The lowest BCUT2D eigenvalue weighted by Crippen LogP contribution is -2.48. The number of hydrogen-bond acceptors (Lipinski definition) is 4. The number of rotatable bonds is 2. The lowest BCUT2D eigenvalue weighted by molar-refractivity contribution is -0.121. The van der Waals surface area contributed by atoms with Gasteiger partial charge in [0, 0.05) is 22.9 Å². The van der Waals surface area contributed by atoms with E-state index in [0.29, 0.717) is 0 Å². The molecule has 2 heterocycles. The van der Waals surface area contributed by atoms with Gasteiger partial charge in [0.2, 0.25) is 12.3 Å². The Bertz CT molecular complexity index is 665. The number of nitrogens with one attached hydrogen (secondary N) is 2. The number of nitrogens with two attached hydrogens (primary N) is 1. The summed E-state index contributed by atoms with van der Waals surface area (Å²) in [5.74, 6) is 0.866. The molecule has 21 heavy (non-hydrogen) atoms. The molecule has 0 bridgehead atoms. The van der Waals surface area contributed by atoms with Crippen molar-refractivity contribution >= 4 is 44.9 Å². The van der Waals surface area contributed by atoms with Crippen molar-refractivity contribution in [2.45, 2.75) is 6.92 Å². The first kappa shape index (κ1) is 15.5. The zero-order chi connectivity index (χ0) is 15.4. The quantitative estimate of drug-likeness (QED) is 0.716. The van der Waals surface area contributed by atoms with Crippen LogP contribution in [-0.4, -0.2) is 25.4 Å². The first-order chi connectivity index (χ1) is 10.1. The summed E-state index contributed by atoms with van der Waals surface area (Å²) in [5.41, 5.74) is 5.74. The minimum atomic E-state index is 0.0551. The Balaban J connectivity index is 0.000000497. The molecule has 1 fully saturated rings. The molecule has 2 amide bonds. The van der Waals surface area contributed by atoms with Gasteiger partial charge in [0.05, 0.1) is 11.6 Å². The van der Waals surface area contributed by atoms with Gasteiger partial charge in [-0.3, -0.25) is 9.59 Å². The van der Waals surface area contributed by atoms with Crippen LogP contribution >= 0.6 is 15.9 Å². The van der Waals surface area contributed by atoms with E-state index in [1.165, 1.54) is 0 Å². The number of aryl methyl sites for hydroxylation is 1. The highest BCUT2D eigenvalue weighted by Crippen LogP contribution is 2.32. The molecule has 0 saturated carbocycles. The van der Waals surface area contributed by atoms with Gasteiger partial charge in [0.15, 0.2) is 0 Å². The number of halogens is 1. The van der Waals surface area contributed by atoms with Crippen LogP contribution < -0.4 is 16.4 Å². The van der Waals surface area contributed by atoms with E-state index < -0.39 is 0 Å². The first-order valence-corrected chi connectivity index (χ1v) is 7.21. The molecule has 0 aliphatic carbocycles. The van der Waals surface area contributed by atoms with E-state index in [4.69, 9.17) is 9.21 Å². The minimum absolute atomic E-state index is 0.0551. The number of benzene rings is 1. The topological polar surface area (TPSA) is 97.4 Å². The number of hydrogen-bond donors (Lipinski definition) is 3. The van der Waals surface area contributed by atoms with Gasteiger partial charge >= 0.3 is 0 Å². The standard InChI is InChI=1S/C13H13BrN2O2.CH3NO/c1-7-12(16-13(17)8-5-15-6-8)10-4-9(14)2-3-11(10)18-7;2-1-3/h2-4,8,15H,5-6H2,1H3,(H,16,17);1H,(H2,2,3). The van der Waals surface area contributed by atoms with E-state index in [0.717, 1.165) is 40.0 Å². The molecule has 0 atom stereocenters. The maximum absolute atomic E-state index is 12.0. The predicted molar refractivity (Wildman–Crippen MR) is 83.9 cm³/mol. The second-order valence-electron chi connectivity index (χ2n) is 4.65. The molecule has 2 aromatic rings. The van der Waals surface area contributed by atoms with Crippen LogP contribution in [0.1, 0.15) is 5.76 Å².